The number of hydrogen-bond donors (Lipinski definition) is 1. The molecule has 1 saturated heterocycles. The van der Waals surface area contributed by atoms with E-state index in [4.69, 9.17) is 0 Å². The summed E-state index contributed by atoms with van der Waals surface area (Å²) in [4.78, 5) is 2.39. The third kappa shape index (κ3) is 3.58. The van der Waals surface area contributed by atoms with E-state index in [-0.39, 0.29) is 5.82 Å². The largest absolute Gasteiger partial charge is 0.314 e. The minimum absolute atomic E-state index is 0.125. The monoisotopic (exact) mass is 278 g/mol. The summed E-state index contributed by atoms with van der Waals surface area (Å²) in [6, 6.07) is 6.01. The molecule has 0 saturated carbocycles. The molecule has 0 amide bonds. The van der Waals surface area contributed by atoms with Crippen LogP contribution in [0.2, 0.25) is 0 Å². The molecule has 2 rings (SSSR count). The van der Waals surface area contributed by atoms with Crippen LogP contribution in [0.5, 0.6) is 0 Å². The van der Waals surface area contributed by atoms with E-state index in [1.54, 1.807) is 12.1 Å². The maximum atomic E-state index is 13.6. The minimum Gasteiger partial charge on any atom is -0.314 e. The van der Waals surface area contributed by atoms with Crippen LogP contribution in [0, 0.1) is 18.7 Å². The van der Waals surface area contributed by atoms with E-state index >= 15 is 0 Å². The first-order valence-corrected chi connectivity index (χ1v) is 7.68. The number of piperidine rings is 1. The molecule has 0 aromatic heterocycles. The summed E-state index contributed by atoms with van der Waals surface area (Å²) in [6.45, 7) is 8.54. The van der Waals surface area contributed by atoms with Gasteiger partial charge in [-0.2, -0.15) is 0 Å². The number of halogens is 1. The smallest absolute Gasteiger partial charge is 0.123 e. The fourth-order valence-corrected chi connectivity index (χ4v) is 3.28. The number of rotatable bonds is 4. The third-order valence-corrected chi connectivity index (χ3v) is 4.36. The Morgan fingerprint density at radius 1 is 1.40 bits per heavy atom. The van der Waals surface area contributed by atoms with E-state index in [0.29, 0.717) is 18.0 Å². The Bertz CT molecular complexity index is 445. The van der Waals surface area contributed by atoms with E-state index < -0.39 is 0 Å². The minimum atomic E-state index is -0.125. The number of benzene rings is 1. The molecule has 1 aromatic rings. The van der Waals surface area contributed by atoms with Crippen molar-refractivity contribution in [2.75, 3.05) is 20.1 Å². The van der Waals surface area contributed by atoms with E-state index in [1.807, 2.05) is 6.07 Å². The number of hydrogen-bond acceptors (Lipinski definition) is 2. The summed E-state index contributed by atoms with van der Waals surface area (Å²) < 4.78 is 13.6. The highest BCUT2D eigenvalue weighted by Gasteiger charge is 2.31. The SMILES string of the molecule is Cc1ccc(F)cc1C1C(CNC(C)C)CCCN1C. The summed E-state index contributed by atoms with van der Waals surface area (Å²) in [5, 5.41) is 3.55. The predicted octanol–water partition coefficient (Wildman–Crippen LogP) is 3.52. The van der Waals surface area contributed by atoms with Crippen molar-refractivity contribution in [3.8, 4) is 0 Å². The summed E-state index contributed by atoms with van der Waals surface area (Å²) in [6.07, 6.45) is 2.44. The molecule has 2 nitrogen and oxygen atoms in total. The van der Waals surface area contributed by atoms with Gasteiger partial charge in [0.2, 0.25) is 0 Å². The van der Waals surface area contributed by atoms with Gasteiger partial charge in [-0.05, 0) is 62.5 Å². The lowest BCUT2D eigenvalue weighted by Gasteiger charge is -2.40. The van der Waals surface area contributed by atoms with Gasteiger partial charge in [0.15, 0.2) is 0 Å². The summed E-state index contributed by atoms with van der Waals surface area (Å²) in [5.41, 5.74) is 2.35. The molecular formula is C17H27FN2. The molecule has 2 atom stereocenters. The number of likely N-dealkylation sites (tertiary alicyclic amines) is 1. The Hall–Kier alpha value is -0.930. The van der Waals surface area contributed by atoms with Crippen LogP contribution in [-0.4, -0.2) is 31.1 Å². The molecule has 0 spiro atoms. The summed E-state index contributed by atoms with van der Waals surface area (Å²) >= 11 is 0. The highest BCUT2D eigenvalue weighted by atomic mass is 19.1. The lowest BCUT2D eigenvalue weighted by atomic mass is 9.83. The molecule has 0 bridgehead atoms. The van der Waals surface area contributed by atoms with Crippen molar-refractivity contribution in [2.24, 2.45) is 5.92 Å². The Morgan fingerprint density at radius 3 is 2.85 bits per heavy atom. The molecule has 1 aliphatic rings. The Balaban J connectivity index is 2.24. The van der Waals surface area contributed by atoms with Crippen molar-refractivity contribution in [1.82, 2.24) is 10.2 Å². The second-order valence-corrected chi connectivity index (χ2v) is 6.39. The molecule has 1 aromatic carbocycles. The number of nitrogens with zero attached hydrogens (tertiary/aromatic N) is 1. The molecule has 112 valence electrons. The van der Waals surface area contributed by atoms with Gasteiger partial charge in [-0.25, -0.2) is 4.39 Å². The van der Waals surface area contributed by atoms with Crippen molar-refractivity contribution >= 4 is 0 Å². The van der Waals surface area contributed by atoms with Crippen LogP contribution in [0.4, 0.5) is 4.39 Å². The van der Waals surface area contributed by atoms with Gasteiger partial charge in [0, 0.05) is 18.6 Å². The van der Waals surface area contributed by atoms with E-state index in [1.165, 1.54) is 18.4 Å². The van der Waals surface area contributed by atoms with Gasteiger partial charge in [0.05, 0.1) is 0 Å². The Kier molecular flexibility index (Phi) is 5.17. The molecule has 20 heavy (non-hydrogen) atoms. The molecule has 1 fully saturated rings. The molecule has 0 aliphatic carbocycles. The quantitative estimate of drug-likeness (QED) is 0.906. The van der Waals surface area contributed by atoms with Gasteiger partial charge in [0.1, 0.15) is 5.82 Å². The zero-order valence-electron chi connectivity index (χ0n) is 13.1. The van der Waals surface area contributed by atoms with Crippen LogP contribution in [0.25, 0.3) is 0 Å². The summed E-state index contributed by atoms with van der Waals surface area (Å²) in [7, 11) is 2.16. The zero-order valence-corrected chi connectivity index (χ0v) is 13.1. The Morgan fingerprint density at radius 2 is 2.15 bits per heavy atom. The lowest BCUT2D eigenvalue weighted by molar-refractivity contribution is 0.117. The van der Waals surface area contributed by atoms with Gasteiger partial charge >= 0.3 is 0 Å². The second kappa shape index (κ2) is 6.68. The van der Waals surface area contributed by atoms with Crippen LogP contribution in [0.15, 0.2) is 18.2 Å². The van der Waals surface area contributed by atoms with Gasteiger partial charge in [-0.3, -0.25) is 4.90 Å². The predicted molar refractivity (Wildman–Crippen MR) is 82.4 cm³/mol. The zero-order chi connectivity index (χ0) is 14.7. The van der Waals surface area contributed by atoms with Gasteiger partial charge in [-0.15, -0.1) is 0 Å². The van der Waals surface area contributed by atoms with Crippen molar-refractivity contribution in [3.63, 3.8) is 0 Å². The summed E-state index contributed by atoms with van der Waals surface area (Å²) in [5.74, 6) is 0.428. The fraction of sp³-hybridized carbons (Fsp3) is 0.647. The highest BCUT2D eigenvalue weighted by molar-refractivity contribution is 5.30. The Labute approximate surface area is 122 Å². The molecule has 1 N–H and O–H groups in total. The average molecular weight is 278 g/mol. The lowest BCUT2D eigenvalue weighted by Crippen LogP contribution is -2.42. The third-order valence-electron chi connectivity index (χ3n) is 4.36. The normalized spacial score (nSPS) is 24.3. The first kappa shape index (κ1) is 15.5. The maximum Gasteiger partial charge on any atom is 0.123 e. The van der Waals surface area contributed by atoms with Crippen molar-refractivity contribution in [2.45, 2.75) is 45.7 Å². The maximum absolute atomic E-state index is 13.6. The van der Waals surface area contributed by atoms with Crippen LogP contribution in [0.1, 0.15) is 43.9 Å². The molecule has 2 unspecified atom stereocenters. The number of nitrogens with one attached hydrogen (secondary N) is 1. The van der Waals surface area contributed by atoms with E-state index in [2.05, 4.69) is 38.0 Å². The van der Waals surface area contributed by atoms with E-state index in [0.717, 1.165) is 18.7 Å². The van der Waals surface area contributed by atoms with Crippen molar-refractivity contribution in [1.29, 1.82) is 0 Å². The highest BCUT2D eigenvalue weighted by Crippen LogP contribution is 2.36. The fourth-order valence-electron chi connectivity index (χ4n) is 3.28. The first-order chi connectivity index (χ1) is 9.49. The van der Waals surface area contributed by atoms with Crippen LogP contribution in [-0.2, 0) is 0 Å². The van der Waals surface area contributed by atoms with E-state index in [9.17, 15) is 4.39 Å². The van der Waals surface area contributed by atoms with Crippen LogP contribution >= 0.6 is 0 Å². The molecular weight excluding hydrogens is 251 g/mol. The van der Waals surface area contributed by atoms with Gasteiger partial charge in [0.25, 0.3) is 0 Å². The average Bonchev–Trinajstić information content (AvgIpc) is 2.39. The standard InChI is InChI=1S/C17H27FN2/c1-12(2)19-11-14-6-5-9-20(4)17(14)16-10-15(18)8-7-13(16)3/h7-8,10,12,14,17,19H,5-6,9,11H2,1-4H3. The molecule has 0 radical (unpaired) electrons. The van der Waals surface area contributed by atoms with Crippen LogP contribution in [0.3, 0.4) is 0 Å². The molecule has 1 heterocycles. The van der Waals surface area contributed by atoms with Crippen LogP contribution < -0.4 is 5.32 Å². The molecule has 3 heteroatoms. The van der Waals surface area contributed by atoms with Crippen molar-refractivity contribution in [3.05, 3.63) is 35.1 Å². The molecule has 1 aliphatic heterocycles. The van der Waals surface area contributed by atoms with Gasteiger partial charge in [-0.1, -0.05) is 19.9 Å². The van der Waals surface area contributed by atoms with Gasteiger partial charge < -0.3 is 5.32 Å². The van der Waals surface area contributed by atoms with Crippen molar-refractivity contribution < 1.29 is 4.39 Å². The first-order valence-electron chi connectivity index (χ1n) is 7.68. The topological polar surface area (TPSA) is 15.3 Å². The number of aryl methyl sites for hydroxylation is 1. The second-order valence-electron chi connectivity index (χ2n) is 6.39.